The lowest BCUT2D eigenvalue weighted by atomic mass is 10.0. The molecule has 0 amide bonds. The highest BCUT2D eigenvalue weighted by molar-refractivity contribution is 5.06. The van der Waals surface area contributed by atoms with E-state index in [1.165, 1.54) is 57.8 Å². The average molecular weight is 325 g/mol. The molecule has 0 aliphatic rings. The van der Waals surface area contributed by atoms with Crippen LogP contribution in [0.25, 0.3) is 0 Å². The van der Waals surface area contributed by atoms with Gasteiger partial charge in [-0.1, -0.05) is 71.6 Å². The fraction of sp³-hybridized carbons (Fsp3) is 0.800. The summed E-state index contributed by atoms with van der Waals surface area (Å²) < 4.78 is 11.4. The van der Waals surface area contributed by atoms with Gasteiger partial charge in [0.2, 0.25) is 6.29 Å². The number of furan rings is 1. The molecule has 1 aromatic heterocycles. The van der Waals surface area contributed by atoms with Crippen molar-refractivity contribution in [2.75, 3.05) is 0 Å². The lowest BCUT2D eigenvalue weighted by Crippen LogP contribution is -2.17. The number of hydrogen-bond acceptors (Lipinski definition) is 3. The van der Waals surface area contributed by atoms with Gasteiger partial charge in [0.05, 0.1) is 6.10 Å². The van der Waals surface area contributed by atoms with Crippen molar-refractivity contribution in [3.63, 3.8) is 0 Å². The maximum atomic E-state index is 10.2. The van der Waals surface area contributed by atoms with Crippen LogP contribution in [0.2, 0.25) is 0 Å². The number of ether oxygens (including phenoxy) is 1. The van der Waals surface area contributed by atoms with E-state index < -0.39 is 6.29 Å². The van der Waals surface area contributed by atoms with E-state index in [1.54, 1.807) is 6.07 Å². The highest BCUT2D eigenvalue weighted by Crippen LogP contribution is 2.24. The van der Waals surface area contributed by atoms with Gasteiger partial charge in [0.25, 0.3) is 0 Å². The minimum absolute atomic E-state index is 0.133. The Hall–Kier alpha value is -0.800. The van der Waals surface area contributed by atoms with Crippen LogP contribution in [0.4, 0.5) is 0 Å². The van der Waals surface area contributed by atoms with Crippen LogP contribution in [-0.2, 0) is 4.74 Å². The van der Waals surface area contributed by atoms with E-state index in [2.05, 4.69) is 13.8 Å². The van der Waals surface area contributed by atoms with Gasteiger partial charge in [-0.15, -0.1) is 0 Å². The first kappa shape index (κ1) is 20.2. The molecule has 0 aliphatic heterocycles. The summed E-state index contributed by atoms with van der Waals surface area (Å²) in [6.45, 7) is 6.35. The quantitative estimate of drug-likeness (QED) is 0.323. The third-order valence-corrected chi connectivity index (χ3v) is 4.34. The lowest BCUT2D eigenvalue weighted by molar-refractivity contribution is -0.154. The van der Waals surface area contributed by atoms with Gasteiger partial charge in [-0.25, -0.2) is 0 Å². The molecular weight excluding hydrogens is 288 g/mol. The van der Waals surface area contributed by atoms with Crippen molar-refractivity contribution in [3.05, 3.63) is 23.7 Å². The first-order valence-electron chi connectivity index (χ1n) is 9.57. The molecule has 1 heterocycles. The van der Waals surface area contributed by atoms with Crippen LogP contribution in [0, 0.1) is 6.92 Å². The summed E-state index contributed by atoms with van der Waals surface area (Å²) >= 11 is 0. The smallest absolute Gasteiger partial charge is 0.215 e. The minimum atomic E-state index is -0.935. The van der Waals surface area contributed by atoms with Gasteiger partial charge in [-0.3, -0.25) is 0 Å². The number of aryl methyl sites for hydroxylation is 1. The average Bonchev–Trinajstić information content (AvgIpc) is 2.97. The highest BCUT2D eigenvalue weighted by atomic mass is 16.6. The number of rotatable bonds is 14. The molecule has 0 aromatic carbocycles. The van der Waals surface area contributed by atoms with Crippen LogP contribution in [0.3, 0.4) is 0 Å². The maximum absolute atomic E-state index is 10.2. The molecule has 0 aliphatic carbocycles. The molecule has 0 saturated heterocycles. The van der Waals surface area contributed by atoms with E-state index >= 15 is 0 Å². The Labute approximate surface area is 142 Å². The van der Waals surface area contributed by atoms with Gasteiger partial charge in [-0.05, 0) is 31.9 Å². The molecule has 134 valence electrons. The second-order valence-corrected chi connectivity index (χ2v) is 6.61. The normalized spacial score (nSPS) is 14.1. The van der Waals surface area contributed by atoms with Crippen molar-refractivity contribution in [1.29, 1.82) is 0 Å². The number of aliphatic hydroxyl groups excluding tert-OH is 1. The highest BCUT2D eigenvalue weighted by Gasteiger charge is 2.18. The fourth-order valence-corrected chi connectivity index (χ4v) is 2.89. The minimum Gasteiger partial charge on any atom is -0.461 e. The van der Waals surface area contributed by atoms with Crippen molar-refractivity contribution < 1.29 is 14.3 Å². The summed E-state index contributed by atoms with van der Waals surface area (Å²) in [6, 6.07) is 3.66. The predicted octanol–water partition coefficient (Wildman–Crippen LogP) is 6.30. The molecule has 3 nitrogen and oxygen atoms in total. The molecule has 2 atom stereocenters. The largest absolute Gasteiger partial charge is 0.461 e. The zero-order chi connectivity index (χ0) is 16.9. The molecule has 3 heteroatoms. The van der Waals surface area contributed by atoms with E-state index in [9.17, 15) is 5.11 Å². The van der Waals surface area contributed by atoms with Crippen molar-refractivity contribution >= 4 is 0 Å². The van der Waals surface area contributed by atoms with Crippen LogP contribution < -0.4 is 0 Å². The second-order valence-electron chi connectivity index (χ2n) is 6.61. The fourth-order valence-electron chi connectivity index (χ4n) is 2.89. The SMILES string of the molecule is CCCCCCCC(CCCCCC)OC(O)c1ccc(C)o1. The summed E-state index contributed by atoms with van der Waals surface area (Å²) in [5, 5.41) is 10.2. The van der Waals surface area contributed by atoms with Crippen molar-refractivity contribution in [1.82, 2.24) is 0 Å². The zero-order valence-electron chi connectivity index (χ0n) is 15.4. The van der Waals surface area contributed by atoms with Crippen molar-refractivity contribution in [2.24, 2.45) is 0 Å². The molecule has 1 rings (SSSR count). The second kappa shape index (κ2) is 12.6. The molecule has 0 bridgehead atoms. The third kappa shape index (κ3) is 9.17. The summed E-state index contributed by atoms with van der Waals surface area (Å²) in [7, 11) is 0. The molecule has 0 radical (unpaired) electrons. The Morgan fingerprint density at radius 1 is 0.913 bits per heavy atom. The van der Waals surface area contributed by atoms with E-state index in [0.717, 1.165) is 18.6 Å². The molecule has 23 heavy (non-hydrogen) atoms. The predicted molar refractivity (Wildman–Crippen MR) is 95.4 cm³/mol. The van der Waals surface area contributed by atoms with Crippen LogP contribution in [0.5, 0.6) is 0 Å². The Kier molecular flexibility index (Phi) is 11.1. The van der Waals surface area contributed by atoms with E-state index in [1.807, 2.05) is 13.0 Å². The first-order valence-corrected chi connectivity index (χ1v) is 9.57. The number of aliphatic hydroxyl groups is 1. The van der Waals surface area contributed by atoms with Crippen LogP contribution >= 0.6 is 0 Å². The number of hydrogen-bond donors (Lipinski definition) is 1. The van der Waals surface area contributed by atoms with E-state index in [0.29, 0.717) is 5.76 Å². The van der Waals surface area contributed by atoms with Crippen LogP contribution in [-0.4, -0.2) is 11.2 Å². The Bertz CT molecular complexity index is 386. The van der Waals surface area contributed by atoms with Crippen molar-refractivity contribution in [3.8, 4) is 0 Å². The number of unbranched alkanes of at least 4 members (excludes halogenated alkanes) is 7. The van der Waals surface area contributed by atoms with Gasteiger partial charge < -0.3 is 14.3 Å². The Morgan fingerprint density at radius 3 is 2.00 bits per heavy atom. The van der Waals surface area contributed by atoms with Crippen LogP contribution in [0.1, 0.15) is 102 Å². The Morgan fingerprint density at radius 2 is 1.48 bits per heavy atom. The maximum Gasteiger partial charge on any atom is 0.215 e. The molecule has 1 aromatic rings. The summed E-state index contributed by atoms with van der Waals surface area (Å²) in [5.41, 5.74) is 0. The van der Waals surface area contributed by atoms with E-state index in [-0.39, 0.29) is 6.10 Å². The third-order valence-electron chi connectivity index (χ3n) is 4.34. The van der Waals surface area contributed by atoms with Gasteiger partial charge in [0.15, 0.2) is 5.76 Å². The van der Waals surface area contributed by atoms with Gasteiger partial charge in [-0.2, -0.15) is 0 Å². The molecular formula is C20H36O3. The Balaban J connectivity index is 2.38. The first-order chi connectivity index (χ1) is 11.2. The molecule has 0 spiro atoms. The lowest BCUT2D eigenvalue weighted by Gasteiger charge is -2.21. The topological polar surface area (TPSA) is 42.6 Å². The van der Waals surface area contributed by atoms with Gasteiger partial charge >= 0.3 is 0 Å². The van der Waals surface area contributed by atoms with Crippen molar-refractivity contribution in [2.45, 2.75) is 104 Å². The summed E-state index contributed by atoms with van der Waals surface area (Å²) in [6.07, 6.45) is 12.6. The van der Waals surface area contributed by atoms with E-state index in [4.69, 9.17) is 9.15 Å². The van der Waals surface area contributed by atoms with Gasteiger partial charge in [0, 0.05) is 0 Å². The summed E-state index contributed by atoms with van der Waals surface area (Å²) in [5.74, 6) is 1.33. The molecule has 0 fully saturated rings. The van der Waals surface area contributed by atoms with Gasteiger partial charge in [0.1, 0.15) is 5.76 Å². The molecule has 1 N–H and O–H groups in total. The monoisotopic (exact) mass is 324 g/mol. The standard InChI is InChI=1S/C20H36O3/c1-4-6-8-10-12-14-18(13-11-9-7-5-2)23-20(21)19-16-15-17(3)22-19/h15-16,18,20-21H,4-14H2,1-3H3. The molecule has 0 saturated carbocycles. The zero-order valence-corrected chi connectivity index (χ0v) is 15.4. The van der Waals surface area contributed by atoms with Crippen LogP contribution in [0.15, 0.2) is 16.5 Å². The summed E-state index contributed by atoms with van der Waals surface area (Å²) in [4.78, 5) is 0. The molecule has 2 unspecified atom stereocenters.